The molecule has 5 heteroatoms. The van der Waals surface area contributed by atoms with E-state index in [1.54, 1.807) is 0 Å². The summed E-state index contributed by atoms with van der Waals surface area (Å²) < 4.78 is 5.43. The molecule has 1 aliphatic carbocycles. The van der Waals surface area contributed by atoms with Gasteiger partial charge in [-0.1, -0.05) is 41.9 Å². The molecule has 22 heavy (non-hydrogen) atoms. The lowest BCUT2D eigenvalue weighted by Crippen LogP contribution is -2.32. The van der Waals surface area contributed by atoms with Crippen molar-refractivity contribution in [3.63, 3.8) is 0 Å². The molecule has 0 saturated heterocycles. The highest BCUT2D eigenvalue weighted by Gasteiger charge is 2.29. The molecule has 1 aliphatic rings. The van der Waals surface area contributed by atoms with E-state index in [-0.39, 0.29) is 12.1 Å². The molecular formula is C17H23N3O2. The first-order valence-electron chi connectivity index (χ1n) is 7.92. The van der Waals surface area contributed by atoms with E-state index in [0.29, 0.717) is 17.6 Å². The topological polar surface area (TPSA) is 62.4 Å². The van der Waals surface area contributed by atoms with Crippen LogP contribution in [0, 0.1) is 5.92 Å². The zero-order chi connectivity index (χ0) is 15.5. The fourth-order valence-electron chi connectivity index (χ4n) is 3.06. The third-order valence-electron chi connectivity index (χ3n) is 4.63. The van der Waals surface area contributed by atoms with Crippen LogP contribution in [0.15, 0.2) is 34.9 Å². The molecule has 1 aromatic heterocycles. The molecule has 0 spiro atoms. The van der Waals surface area contributed by atoms with Gasteiger partial charge in [0.05, 0.1) is 12.1 Å². The van der Waals surface area contributed by atoms with Crippen LogP contribution in [0.25, 0.3) is 11.4 Å². The highest BCUT2D eigenvalue weighted by molar-refractivity contribution is 5.53. The van der Waals surface area contributed by atoms with Crippen LogP contribution in [0.5, 0.6) is 0 Å². The van der Waals surface area contributed by atoms with Crippen molar-refractivity contribution in [3.8, 4) is 11.4 Å². The predicted molar refractivity (Wildman–Crippen MR) is 84.1 cm³/mol. The summed E-state index contributed by atoms with van der Waals surface area (Å²) in [5.41, 5.74) is 0.957. The lowest BCUT2D eigenvalue weighted by atomic mass is 10.0. The molecule has 3 atom stereocenters. The summed E-state index contributed by atoms with van der Waals surface area (Å²) in [6, 6.07) is 9.87. The summed E-state index contributed by atoms with van der Waals surface area (Å²) >= 11 is 0. The Kier molecular flexibility index (Phi) is 4.55. The maximum Gasteiger partial charge on any atom is 0.244 e. The molecule has 1 fully saturated rings. The Balaban J connectivity index is 1.67. The molecule has 0 amide bonds. The van der Waals surface area contributed by atoms with Crippen molar-refractivity contribution in [1.82, 2.24) is 15.0 Å². The second-order valence-electron chi connectivity index (χ2n) is 6.20. The predicted octanol–water partition coefficient (Wildman–Crippen LogP) is 2.89. The third kappa shape index (κ3) is 3.20. The number of aromatic nitrogens is 2. The van der Waals surface area contributed by atoms with Crippen LogP contribution in [-0.4, -0.2) is 39.8 Å². The fourth-order valence-corrected chi connectivity index (χ4v) is 3.06. The molecule has 118 valence electrons. The lowest BCUT2D eigenvalue weighted by molar-refractivity contribution is 0.0930. The third-order valence-corrected chi connectivity index (χ3v) is 4.63. The molecule has 2 aromatic rings. The van der Waals surface area contributed by atoms with Gasteiger partial charge in [-0.3, -0.25) is 4.90 Å². The number of hydrogen-bond acceptors (Lipinski definition) is 5. The summed E-state index contributed by atoms with van der Waals surface area (Å²) in [6.07, 6.45) is 2.97. The maximum atomic E-state index is 9.96. The maximum absolute atomic E-state index is 9.96. The molecule has 0 bridgehead atoms. The smallest absolute Gasteiger partial charge is 0.244 e. The normalized spacial score (nSPS) is 23.1. The Morgan fingerprint density at radius 1 is 1.32 bits per heavy atom. The van der Waals surface area contributed by atoms with Gasteiger partial charge in [0.2, 0.25) is 11.7 Å². The van der Waals surface area contributed by atoms with Gasteiger partial charge in [0.15, 0.2) is 0 Å². The molecule has 1 aromatic carbocycles. The summed E-state index contributed by atoms with van der Waals surface area (Å²) in [6.45, 7) is 2.91. The highest BCUT2D eigenvalue weighted by Crippen LogP contribution is 2.29. The second kappa shape index (κ2) is 6.58. The quantitative estimate of drug-likeness (QED) is 0.920. The summed E-state index contributed by atoms with van der Waals surface area (Å²) in [7, 11) is 2.04. The number of rotatable bonds is 5. The first kappa shape index (κ1) is 15.2. The van der Waals surface area contributed by atoms with Gasteiger partial charge in [-0.25, -0.2) is 0 Å². The van der Waals surface area contributed by atoms with Crippen molar-refractivity contribution in [2.45, 2.75) is 38.3 Å². The number of benzene rings is 1. The molecule has 0 aliphatic heterocycles. The average Bonchev–Trinajstić information content (AvgIpc) is 3.17. The molecule has 3 rings (SSSR count). The van der Waals surface area contributed by atoms with E-state index in [9.17, 15) is 5.11 Å². The first-order chi connectivity index (χ1) is 10.6. The van der Waals surface area contributed by atoms with Crippen LogP contribution in [0.4, 0.5) is 0 Å². The fraction of sp³-hybridized carbons (Fsp3) is 0.529. The zero-order valence-corrected chi connectivity index (χ0v) is 13.1. The Hall–Kier alpha value is -1.72. The van der Waals surface area contributed by atoms with E-state index < -0.39 is 0 Å². The number of hydrogen-bond donors (Lipinski definition) is 1. The van der Waals surface area contributed by atoms with Gasteiger partial charge in [0.1, 0.15) is 0 Å². The summed E-state index contributed by atoms with van der Waals surface area (Å²) in [5.74, 6) is 1.59. The molecule has 0 radical (unpaired) electrons. The van der Waals surface area contributed by atoms with E-state index in [1.807, 2.05) is 37.4 Å². The van der Waals surface area contributed by atoms with E-state index in [2.05, 4.69) is 22.0 Å². The van der Waals surface area contributed by atoms with E-state index >= 15 is 0 Å². The Bertz CT molecular complexity index is 599. The lowest BCUT2D eigenvalue weighted by Gasteiger charge is -2.26. The van der Waals surface area contributed by atoms with Crippen LogP contribution in [0.2, 0.25) is 0 Å². The van der Waals surface area contributed by atoms with Crippen LogP contribution in [0.3, 0.4) is 0 Å². The van der Waals surface area contributed by atoms with Gasteiger partial charge in [-0.05, 0) is 32.7 Å². The SMILES string of the molecule is CC(c1nc(-c2ccccc2)no1)N(C)CC1CCCC1O. The molecular weight excluding hydrogens is 278 g/mol. The summed E-state index contributed by atoms with van der Waals surface area (Å²) in [5, 5.41) is 14.0. The van der Waals surface area contributed by atoms with Crippen molar-refractivity contribution in [2.24, 2.45) is 5.92 Å². The Morgan fingerprint density at radius 2 is 2.09 bits per heavy atom. The second-order valence-corrected chi connectivity index (χ2v) is 6.20. The van der Waals surface area contributed by atoms with Gasteiger partial charge in [0.25, 0.3) is 0 Å². The van der Waals surface area contributed by atoms with E-state index in [4.69, 9.17) is 4.52 Å². The van der Waals surface area contributed by atoms with Crippen molar-refractivity contribution in [3.05, 3.63) is 36.2 Å². The molecule has 3 unspecified atom stereocenters. The molecule has 5 nitrogen and oxygen atoms in total. The van der Waals surface area contributed by atoms with Gasteiger partial charge < -0.3 is 9.63 Å². The van der Waals surface area contributed by atoms with Crippen molar-refractivity contribution < 1.29 is 9.63 Å². The number of nitrogens with zero attached hydrogens (tertiary/aromatic N) is 3. The van der Waals surface area contributed by atoms with Gasteiger partial charge in [-0.2, -0.15) is 4.98 Å². The highest BCUT2D eigenvalue weighted by atomic mass is 16.5. The van der Waals surface area contributed by atoms with Gasteiger partial charge in [-0.15, -0.1) is 0 Å². The minimum atomic E-state index is -0.169. The van der Waals surface area contributed by atoms with Crippen molar-refractivity contribution in [2.75, 3.05) is 13.6 Å². The van der Waals surface area contributed by atoms with E-state index in [1.165, 1.54) is 0 Å². The first-order valence-corrected chi connectivity index (χ1v) is 7.92. The standard InChI is InChI=1S/C17H23N3O2/c1-12(20(2)11-14-9-6-10-15(14)21)17-18-16(19-22-17)13-7-4-3-5-8-13/h3-5,7-8,12,14-15,21H,6,9-11H2,1-2H3. The number of aliphatic hydroxyl groups excluding tert-OH is 1. The molecule has 1 heterocycles. The largest absolute Gasteiger partial charge is 0.393 e. The van der Waals surface area contributed by atoms with Gasteiger partial charge in [0, 0.05) is 12.1 Å². The van der Waals surface area contributed by atoms with Crippen LogP contribution < -0.4 is 0 Å². The average molecular weight is 301 g/mol. The molecule has 1 saturated carbocycles. The Labute approximate surface area is 131 Å². The molecule has 1 N–H and O–H groups in total. The monoisotopic (exact) mass is 301 g/mol. The summed E-state index contributed by atoms with van der Waals surface area (Å²) in [4.78, 5) is 6.70. The van der Waals surface area contributed by atoms with Crippen LogP contribution >= 0.6 is 0 Å². The Morgan fingerprint density at radius 3 is 2.77 bits per heavy atom. The zero-order valence-electron chi connectivity index (χ0n) is 13.1. The van der Waals surface area contributed by atoms with E-state index in [0.717, 1.165) is 31.4 Å². The van der Waals surface area contributed by atoms with Crippen LogP contribution in [-0.2, 0) is 0 Å². The minimum Gasteiger partial charge on any atom is -0.393 e. The van der Waals surface area contributed by atoms with Crippen LogP contribution in [0.1, 0.15) is 38.1 Å². The number of aliphatic hydroxyl groups is 1. The van der Waals surface area contributed by atoms with Crippen molar-refractivity contribution in [1.29, 1.82) is 0 Å². The minimum absolute atomic E-state index is 0.0396. The van der Waals surface area contributed by atoms with Gasteiger partial charge >= 0.3 is 0 Å². The van der Waals surface area contributed by atoms with Crippen molar-refractivity contribution >= 4 is 0 Å².